The highest BCUT2D eigenvalue weighted by Crippen LogP contribution is 2.43. The lowest BCUT2D eigenvalue weighted by atomic mass is 9.99. The molecule has 0 spiro atoms. The lowest BCUT2D eigenvalue weighted by Gasteiger charge is -2.35. The van der Waals surface area contributed by atoms with Crippen LogP contribution in [0.2, 0.25) is 0 Å². The summed E-state index contributed by atoms with van der Waals surface area (Å²) in [5.41, 5.74) is 0.758. The number of piperidine rings is 1. The number of amides is 1. The summed E-state index contributed by atoms with van der Waals surface area (Å²) in [6, 6.07) is 1.92. The molecule has 0 bridgehead atoms. The number of carbonyl (C=O) groups excluding carboxylic acids is 1. The molecule has 0 N–H and O–H groups in total. The van der Waals surface area contributed by atoms with Crippen molar-refractivity contribution in [2.75, 3.05) is 6.54 Å². The molecule has 23 heavy (non-hydrogen) atoms. The Morgan fingerprint density at radius 3 is 3.00 bits per heavy atom. The number of likely N-dealkylation sites (tertiary alicyclic amines) is 1. The standard InChI is InChI=1S/C18H23N3O2/c1-2-20-11-9-19-17(20)15-5-3-4-10-21(15)18(22)14-8-12-23-16(14)13-6-7-13/h8-9,11-13,15H,2-7,10H2,1H3/t15-/m0/s1. The first kappa shape index (κ1) is 14.5. The molecule has 0 unspecified atom stereocenters. The van der Waals surface area contributed by atoms with Gasteiger partial charge in [0.25, 0.3) is 5.91 Å². The van der Waals surface area contributed by atoms with E-state index in [0.717, 1.165) is 62.3 Å². The zero-order valence-corrected chi connectivity index (χ0v) is 13.6. The Morgan fingerprint density at radius 2 is 2.22 bits per heavy atom. The van der Waals surface area contributed by atoms with Crippen molar-refractivity contribution >= 4 is 5.91 Å². The third-order valence-electron chi connectivity index (χ3n) is 5.02. The van der Waals surface area contributed by atoms with Crippen LogP contribution in [0.1, 0.15) is 72.9 Å². The lowest BCUT2D eigenvalue weighted by Crippen LogP contribution is -2.39. The Labute approximate surface area is 136 Å². The highest BCUT2D eigenvalue weighted by Gasteiger charge is 2.36. The minimum Gasteiger partial charge on any atom is -0.468 e. The summed E-state index contributed by atoms with van der Waals surface area (Å²) in [4.78, 5) is 19.7. The van der Waals surface area contributed by atoms with Gasteiger partial charge >= 0.3 is 0 Å². The molecule has 1 atom stereocenters. The molecular formula is C18H23N3O2. The topological polar surface area (TPSA) is 51.3 Å². The third kappa shape index (κ3) is 2.58. The number of hydrogen-bond acceptors (Lipinski definition) is 3. The van der Waals surface area contributed by atoms with Crippen LogP contribution >= 0.6 is 0 Å². The molecular weight excluding hydrogens is 290 g/mol. The van der Waals surface area contributed by atoms with E-state index in [1.54, 1.807) is 6.26 Å². The summed E-state index contributed by atoms with van der Waals surface area (Å²) >= 11 is 0. The van der Waals surface area contributed by atoms with Crippen molar-refractivity contribution in [3.05, 3.63) is 41.9 Å². The molecule has 122 valence electrons. The highest BCUT2D eigenvalue weighted by atomic mass is 16.3. The summed E-state index contributed by atoms with van der Waals surface area (Å²) in [6.45, 7) is 3.80. The molecule has 1 saturated carbocycles. The molecule has 1 aliphatic carbocycles. The summed E-state index contributed by atoms with van der Waals surface area (Å²) in [5.74, 6) is 2.45. The van der Waals surface area contributed by atoms with Gasteiger partial charge in [0, 0.05) is 31.4 Å². The quantitative estimate of drug-likeness (QED) is 0.864. The molecule has 1 aliphatic heterocycles. The van der Waals surface area contributed by atoms with Crippen molar-refractivity contribution < 1.29 is 9.21 Å². The maximum atomic E-state index is 13.1. The maximum Gasteiger partial charge on any atom is 0.258 e. The molecule has 4 rings (SSSR count). The van der Waals surface area contributed by atoms with Crippen molar-refractivity contribution in [2.45, 2.75) is 57.5 Å². The van der Waals surface area contributed by atoms with Crippen LogP contribution in [0.4, 0.5) is 0 Å². The largest absolute Gasteiger partial charge is 0.468 e. The van der Waals surface area contributed by atoms with Gasteiger partial charge in [-0.15, -0.1) is 0 Å². The molecule has 2 aromatic rings. The summed E-state index contributed by atoms with van der Waals surface area (Å²) in [5, 5.41) is 0. The van der Waals surface area contributed by atoms with E-state index in [-0.39, 0.29) is 11.9 Å². The second-order valence-electron chi connectivity index (χ2n) is 6.55. The molecule has 2 aromatic heterocycles. The Hall–Kier alpha value is -2.04. The Morgan fingerprint density at radius 1 is 1.35 bits per heavy atom. The maximum absolute atomic E-state index is 13.1. The van der Waals surface area contributed by atoms with Crippen LogP contribution in [0.3, 0.4) is 0 Å². The van der Waals surface area contributed by atoms with Crippen LogP contribution in [-0.2, 0) is 6.54 Å². The SMILES string of the molecule is CCn1ccnc1[C@@H]1CCCCN1C(=O)c1ccoc1C1CC1. The fraction of sp³-hybridized carbons (Fsp3) is 0.556. The number of hydrogen-bond donors (Lipinski definition) is 0. The van der Waals surface area contributed by atoms with Crippen LogP contribution < -0.4 is 0 Å². The summed E-state index contributed by atoms with van der Waals surface area (Å²) < 4.78 is 7.75. The first-order valence-corrected chi connectivity index (χ1v) is 8.69. The number of rotatable bonds is 4. The van der Waals surface area contributed by atoms with Crippen molar-refractivity contribution in [2.24, 2.45) is 0 Å². The third-order valence-corrected chi connectivity index (χ3v) is 5.02. The number of aryl methyl sites for hydroxylation is 1. The average molecular weight is 313 g/mol. The van der Waals surface area contributed by atoms with Gasteiger partial charge in [-0.05, 0) is 45.1 Å². The Kier molecular flexibility index (Phi) is 3.71. The van der Waals surface area contributed by atoms with Gasteiger partial charge in [-0.1, -0.05) is 0 Å². The normalized spacial score (nSPS) is 21.6. The highest BCUT2D eigenvalue weighted by molar-refractivity contribution is 5.95. The molecule has 0 aromatic carbocycles. The fourth-order valence-corrected chi connectivity index (χ4v) is 3.64. The van der Waals surface area contributed by atoms with Gasteiger partial charge in [0.05, 0.1) is 17.9 Å². The molecule has 1 amide bonds. The zero-order valence-electron chi connectivity index (χ0n) is 13.6. The predicted molar refractivity (Wildman–Crippen MR) is 86.2 cm³/mol. The van der Waals surface area contributed by atoms with E-state index >= 15 is 0 Å². The van der Waals surface area contributed by atoms with Gasteiger partial charge in [-0.25, -0.2) is 4.98 Å². The average Bonchev–Trinajstić information content (AvgIpc) is 3.14. The van der Waals surface area contributed by atoms with Gasteiger partial charge in [0.15, 0.2) is 0 Å². The molecule has 3 heterocycles. The van der Waals surface area contributed by atoms with E-state index in [1.807, 2.05) is 23.4 Å². The minimum absolute atomic E-state index is 0.0770. The molecule has 2 aliphatic rings. The van der Waals surface area contributed by atoms with Crippen molar-refractivity contribution in [3.63, 3.8) is 0 Å². The smallest absolute Gasteiger partial charge is 0.258 e. The Bertz CT molecular complexity index is 699. The van der Waals surface area contributed by atoms with Gasteiger partial charge in [0.1, 0.15) is 11.6 Å². The molecule has 2 fully saturated rings. The number of furan rings is 1. The fourth-order valence-electron chi connectivity index (χ4n) is 3.64. The van der Waals surface area contributed by atoms with Gasteiger partial charge in [-0.3, -0.25) is 4.79 Å². The minimum atomic E-state index is 0.0770. The van der Waals surface area contributed by atoms with E-state index in [0.29, 0.717) is 5.92 Å². The van der Waals surface area contributed by atoms with Crippen LogP contribution in [0.5, 0.6) is 0 Å². The second kappa shape index (κ2) is 5.87. The Balaban J connectivity index is 1.64. The number of imidazole rings is 1. The number of carbonyl (C=O) groups is 1. The van der Waals surface area contributed by atoms with Crippen LogP contribution in [0.15, 0.2) is 29.1 Å². The van der Waals surface area contributed by atoms with Crippen molar-refractivity contribution in [1.29, 1.82) is 0 Å². The van der Waals surface area contributed by atoms with Crippen molar-refractivity contribution in [1.82, 2.24) is 14.5 Å². The predicted octanol–water partition coefficient (Wildman–Crippen LogP) is 3.74. The van der Waals surface area contributed by atoms with Gasteiger partial charge in [-0.2, -0.15) is 0 Å². The van der Waals surface area contributed by atoms with E-state index in [9.17, 15) is 4.79 Å². The monoisotopic (exact) mass is 313 g/mol. The first-order chi connectivity index (χ1) is 11.3. The van der Waals surface area contributed by atoms with E-state index < -0.39 is 0 Å². The first-order valence-electron chi connectivity index (χ1n) is 8.69. The second-order valence-corrected chi connectivity index (χ2v) is 6.55. The molecule has 5 nitrogen and oxygen atoms in total. The van der Waals surface area contributed by atoms with E-state index in [4.69, 9.17) is 4.42 Å². The van der Waals surface area contributed by atoms with Crippen LogP contribution in [-0.4, -0.2) is 26.9 Å². The van der Waals surface area contributed by atoms with E-state index in [2.05, 4.69) is 16.5 Å². The molecule has 1 saturated heterocycles. The lowest BCUT2D eigenvalue weighted by molar-refractivity contribution is 0.0593. The van der Waals surface area contributed by atoms with Gasteiger partial charge < -0.3 is 13.9 Å². The number of aromatic nitrogens is 2. The molecule has 0 radical (unpaired) electrons. The van der Waals surface area contributed by atoms with Gasteiger partial charge in [0.2, 0.25) is 0 Å². The van der Waals surface area contributed by atoms with Crippen LogP contribution in [0, 0.1) is 0 Å². The summed E-state index contributed by atoms with van der Waals surface area (Å²) in [7, 11) is 0. The van der Waals surface area contributed by atoms with Crippen molar-refractivity contribution in [3.8, 4) is 0 Å². The van der Waals surface area contributed by atoms with E-state index in [1.165, 1.54) is 0 Å². The zero-order chi connectivity index (χ0) is 15.8. The van der Waals surface area contributed by atoms with Crippen LogP contribution in [0.25, 0.3) is 0 Å². The molecule has 5 heteroatoms. The number of nitrogens with zero attached hydrogens (tertiary/aromatic N) is 3. The summed E-state index contributed by atoms with van der Waals surface area (Å²) in [6.07, 6.45) is 11.0.